The Bertz CT molecular complexity index is 673. The van der Waals surface area contributed by atoms with Gasteiger partial charge in [0.05, 0.1) is 5.56 Å². The molecule has 2 rings (SSSR count). The molecule has 0 saturated carbocycles. The number of aliphatic carboxylic acids is 1. The highest BCUT2D eigenvalue weighted by molar-refractivity contribution is 14.1. The molecule has 0 aliphatic rings. The number of hydrogen-bond acceptors (Lipinski definition) is 2. The van der Waals surface area contributed by atoms with E-state index in [0.29, 0.717) is 16.3 Å². The minimum absolute atomic E-state index is 0.357. The highest BCUT2D eigenvalue weighted by Crippen LogP contribution is 2.22. The summed E-state index contributed by atoms with van der Waals surface area (Å²) in [6.45, 7) is -0.411. The number of carbonyl (C=O) groups excluding carboxylic acids is 1. The average Bonchev–Trinajstić information content (AvgIpc) is 2.45. The van der Waals surface area contributed by atoms with E-state index in [1.54, 1.807) is 42.5 Å². The van der Waals surface area contributed by atoms with Gasteiger partial charge in [-0.1, -0.05) is 23.7 Å². The average molecular weight is 416 g/mol. The minimum Gasteiger partial charge on any atom is -0.480 e. The molecule has 1 amide bonds. The molecule has 0 saturated heterocycles. The predicted molar refractivity (Wildman–Crippen MR) is 89.9 cm³/mol. The monoisotopic (exact) mass is 415 g/mol. The number of rotatable bonds is 4. The van der Waals surface area contributed by atoms with Gasteiger partial charge in [-0.2, -0.15) is 0 Å². The van der Waals surface area contributed by atoms with E-state index in [9.17, 15) is 9.59 Å². The molecule has 108 valence electrons. The first-order chi connectivity index (χ1) is 9.99. The number of carboxylic acids is 1. The zero-order valence-corrected chi connectivity index (χ0v) is 13.7. The lowest BCUT2D eigenvalue weighted by Gasteiger charge is -2.21. The highest BCUT2D eigenvalue weighted by Gasteiger charge is 2.21. The molecule has 0 spiro atoms. The van der Waals surface area contributed by atoms with Gasteiger partial charge in [-0.25, -0.2) is 0 Å². The topological polar surface area (TPSA) is 57.6 Å². The van der Waals surface area contributed by atoms with Crippen molar-refractivity contribution in [2.75, 3.05) is 11.4 Å². The van der Waals surface area contributed by atoms with Crippen LogP contribution in [0.3, 0.4) is 0 Å². The van der Waals surface area contributed by atoms with Gasteiger partial charge in [-0.15, -0.1) is 0 Å². The van der Waals surface area contributed by atoms with Gasteiger partial charge in [0.25, 0.3) is 5.91 Å². The maximum absolute atomic E-state index is 12.6. The Morgan fingerprint density at radius 2 is 1.71 bits per heavy atom. The summed E-state index contributed by atoms with van der Waals surface area (Å²) in [6, 6.07) is 13.5. The molecule has 2 aromatic carbocycles. The van der Waals surface area contributed by atoms with Crippen LogP contribution in [0.4, 0.5) is 5.69 Å². The number of anilines is 1. The van der Waals surface area contributed by atoms with Crippen LogP contribution in [0.15, 0.2) is 48.5 Å². The molecule has 2 aromatic rings. The lowest BCUT2D eigenvalue weighted by Crippen LogP contribution is -2.36. The first-order valence-corrected chi connectivity index (χ1v) is 7.48. The Kier molecular flexibility index (Phi) is 5.19. The van der Waals surface area contributed by atoms with Gasteiger partial charge < -0.3 is 5.11 Å². The van der Waals surface area contributed by atoms with E-state index in [1.807, 2.05) is 6.07 Å². The van der Waals surface area contributed by atoms with Gasteiger partial charge in [0.2, 0.25) is 0 Å². The van der Waals surface area contributed by atoms with Crippen molar-refractivity contribution in [1.82, 2.24) is 0 Å². The van der Waals surface area contributed by atoms with Crippen molar-refractivity contribution in [3.05, 3.63) is 62.7 Å². The fourth-order valence-corrected chi connectivity index (χ4v) is 2.56. The first kappa shape index (κ1) is 15.8. The Morgan fingerprint density at radius 1 is 1.10 bits per heavy atom. The molecule has 6 heteroatoms. The van der Waals surface area contributed by atoms with Gasteiger partial charge in [0, 0.05) is 14.3 Å². The van der Waals surface area contributed by atoms with Crippen LogP contribution in [0.2, 0.25) is 5.02 Å². The lowest BCUT2D eigenvalue weighted by atomic mass is 10.2. The molecule has 0 aliphatic carbocycles. The van der Waals surface area contributed by atoms with Crippen LogP contribution in [-0.2, 0) is 4.79 Å². The summed E-state index contributed by atoms with van der Waals surface area (Å²) in [6.07, 6.45) is 0. The molecule has 4 nitrogen and oxygen atoms in total. The number of carbonyl (C=O) groups is 2. The fraction of sp³-hybridized carbons (Fsp3) is 0.0667. The third-order valence-electron chi connectivity index (χ3n) is 2.78. The van der Waals surface area contributed by atoms with E-state index < -0.39 is 12.5 Å². The van der Waals surface area contributed by atoms with E-state index in [1.165, 1.54) is 4.90 Å². The van der Waals surface area contributed by atoms with Crippen molar-refractivity contribution < 1.29 is 14.7 Å². The molecule has 0 bridgehead atoms. The fourth-order valence-electron chi connectivity index (χ4n) is 1.82. The second-order valence-corrected chi connectivity index (χ2v) is 5.84. The molecule has 0 fully saturated rings. The number of amides is 1. The van der Waals surface area contributed by atoms with Gasteiger partial charge in [-0.05, 0) is 59.0 Å². The summed E-state index contributed by atoms with van der Waals surface area (Å²) in [5.41, 5.74) is 0.959. The molecule has 1 N–H and O–H groups in total. The van der Waals surface area contributed by atoms with Crippen molar-refractivity contribution >= 4 is 51.8 Å². The molecule has 0 heterocycles. The van der Waals surface area contributed by atoms with Crippen LogP contribution < -0.4 is 4.90 Å². The third kappa shape index (κ3) is 3.95. The van der Waals surface area contributed by atoms with Crippen molar-refractivity contribution in [3.63, 3.8) is 0 Å². The molecule has 0 atom stereocenters. The summed E-state index contributed by atoms with van der Waals surface area (Å²) in [4.78, 5) is 24.9. The summed E-state index contributed by atoms with van der Waals surface area (Å²) < 4.78 is 0.768. The van der Waals surface area contributed by atoms with Crippen LogP contribution in [-0.4, -0.2) is 23.5 Å². The second-order valence-electron chi connectivity index (χ2n) is 4.24. The highest BCUT2D eigenvalue weighted by atomic mass is 127. The summed E-state index contributed by atoms with van der Waals surface area (Å²) >= 11 is 7.87. The van der Waals surface area contributed by atoms with E-state index >= 15 is 0 Å². The largest absolute Gasteiger partial charge is 0.480 e. The zero-order chi connectivity index (χ0) is 15.4. The second kappa shape index (κ2) is 6.91. The van der Waals surface area contributed by atoms with Crippen LogP contribution in [0.5, 0.6) is 0 Å². The van der Waals surface area contributed by atoms with Crippen molar-refractivity contribution in [3.8, 4) is 0 Å². The number of benzene rings is 2. The minimum atomic E-state index is -1.08. The Balaban J connectivity index is 2.40. The molecule has 0 aliphatic heterocycles. The van der Waals surface area contributed by atoms with E-state index in [4.69, 9.17) is 16.7 Å². The van der Waals surface area contributed by atoms with Crippen LogP contribution >= 0.6 is 34.2 Å². The number of nitrogens with zero attached hydrogens (tertiary/aromatic N) is 1. The summed E-state index contributed by atoms with van der Waals surface area (Å²) in [5.74, 6) is -1.44. The predicted octanol–water partition coefficient (Wildman–Crippen LogP) is 3.68. The van der Waals surface area contributed by atoms with Crippen LogP contribution in [0.25, 0.3) is 0 Å². The maximum atomic E-state index is 12.6. The van der Waals surface area contributed by atoms with Crippen LogP contribution in [0, 0.1) is 3.57 Å². The number of halogens is 2. The smallest absolute Gasteiger partial charge is 0.323 e. The summed E-state index contributed by atoms with van der Waals surface area (Å²) in [5, 5.41) is 9.57. The van der Waals surface area contributed by atoms with Crippen LogP contribution in [0.1, 0.15) is 10.4 Å². The van der Waals surface area contributed by atoms with E-state index in [2.05, 4.69) is 22.6 Å². The molecular formula is C15H11ClINO3. The molecule has 0 radical (unpaired) electrons. The Hall–Kier alpha value is -1.60. The molecule has 0 unspecified atom stereocenters. The number of hydrogen-bond donors (Lipinski definition) is 1. The molecular weight excluding hydrogens is 405 g/mol. The maximum Gasteiger partial charge on any atom is 0.323 e. The van der Waals surface area contributed by atoms with Crippen molar-refractivity contribution in [1.29, 1.82) is 0 Å². The van der Waals surface area contributed by atoms with Crippen molar-refractivity contribution in [2.24, 2.45) is 0 Å². The van der Waals surface area contributed by atoms with E-state index in [0.717, 1.165) is 3.57 Å². The third-order valence-corrected chi connectivity index (χ3v) is 3.97. The normalized spacial score (nSPS) is 10.2. The van der Waals surface area contributed by atoms with Gasteiger partial charge in [0.15, 0.2) is 0 Å². The molecule has 21 heavy (non-hydrogen) atoms. The van der Waals surface area contributed by atoms with Gasteiger partial charge >= 0.3 is 5.97 Å². The standard InChI is InChI=1S/C15H11ClINO3/c16-10-5-7-11(8-6-10)18(9-14(19)20)15(21)12-3-1-2-4-13(12)17/h1-8H,9H2,(H,19,20). The lowest BCUT2D eigenvalue weighted by molar-refractivity contribution is -0.135. The van der Waals surface area contributed by atoms with Gasteiger partial charge in [-0.3, -0.25) is 14.5 Å². The Labute approximate surface area is 140 Å². The Morgan fingerprint density at radius 3 is 2.29 bits per heavy atom. The number of carboxylic acid groups (broad SMARTS) is 1. The van der Waals surface area contributed by atoms with Crippen molar-refractivity contribution in [2.45, 2.75) is 0 Å². The molecule has 0 aromatic heterocycles. The quantitative estimate of drug-likeness (QED) is 0.775. The van der Waals surface area contributed by atoms with Gasteiger partial charge in [0.1, 0.15) is 6.54 Å². The van der Waals surface area contributed by atoms with E-state index in [-0.39, 0.29) is 5.91 Å². The SMILES string of the molecule is O=C(O)CN(C(=O)c1ccccc1I)c1ccc(Cl)cc1. The summed E-state index contributed by atoms with van der Waals surface area (Å²) in [7, 11) is 0. The first-order valence-electron chi connectivity index (χ1n) is 6.03. The zero-order valence-electron chi connectivity index (χ0n) is 10.8.